The van der Waals surface area contributed by atoms with E-state index in [9.17, 15) is 23.1 Å². The zero-order valence-corrected chi connectivity index (χ0v) is 14.3. The molecule has 3 atom stereocenters. The molecule has 0 heterocycles. The molecule has 1 fully saturated rings. The van der Waals surface area contributed by atoms with Crippen LogP contribution in [-0.2, 0) is 9.53 Å². The molecule has 0 bridgehead atoms. The number of alkyl halides is 3. The maximum atomic E-state index is 12.3. The molecular formula is C18H21F3O5. The summed E-state index contributed by atoms with van der Waals surface area (Å²) in [6, 6.07) is 5.17. The minimum absolute atomic E-state index is 0.00644. The lowest BCUT2D eigenvalue weighted by atomic mass is 9.86. The molecule has 0 spiro atoms. The highest BCUT2D eigenvalue weighted by molar-refractivity contribution is 5.86. The van der Waals surface area contributed by atoms with Crippen LogP contribution in [0, 0.1) is 5.92 Å². The van der Waals surface area contributed by atoms with Gasteiger partial charge in [0.2, 0.25) is 0 Å². The maximum Gasteiger partial charge on any atom is 0.573 e. The molecule has 0 saturated heterocycles. The van der Waals surface area contributed by atoms with Gasteiger partial charge in [-0.15, -0.1) is 13.2 Å². The van der Waals surface area contributed by atoms with Gasteiger partial charge in [0.05, 0.1) is 12.7 Å². The van der Waals surface area contributed by atoms with Crippen LogP contribution in [0.25, 0.3) is 0 Å². The Bertz CT molecular complexity index is 644. The molecule has 1 N–H and O–H groups in total. The van der Waals surface area contributed by atoms with Crippen molar-refractivity contribution in [2.45, 2.75) is 44.8 Å². The molecule has 2 rings (SSSR count). The van der Waals surface area contributed by atoms with Gasteiger partial charge in [-0.3, -0.25) is 0 Å². The van der Waals surface area contributed by atoms with Crippen LogP contribution < -0.4 is 9.47 Å². The van der Waals surface area contributed by atoms with Crippen molar-refractivity contribution in [3.05, 3.63) is 36.4 Å². The van der Waals surface area contributed by atoms with Crippen molar-refractivity contribution in [3.8, 4) is 11.5 Å². The summed E-state index contributed by atoms with van der Waals surface area (Å²) in [5.74, 6) is -0.680. The summed E-state index contributed by atoms with van der Waals surface area (Å²) in [7, 11) is 0. The fourth-order valence-electron chi connectivity index (χ4n) is 2.73. The van der Waals surface area contributed by atoms with Crippen LogP contribution in [0.2, 0.25) is 0 Å². The predicted octanol–water partition coefficient (Wildman–Crippen LogP) is 3.61. The lowest BCUT2D eigenvalue weighted by Gasteiger charge is -2.33. The van der Waals surface area contributed by atoms with Crippen molar-refractivity contribution in [3.63, 3.8) is 0 Å². The first-order chi connectivity index (χ1) is 12.1. The monoisotopic (exact) mass is 374 g/mol. The van der Waals surface area contributed by atoms with Crippen LogP contribution in [0.3, 0.4) is 0 Å². The molecule has 8 heteroatoms. The van der Waals surface area contributed by atoms with E-state index in [1.54, 1.807) is 6.92 Å². The number of hydrogen-bond donors (Lipinski definition) is 1. The number of ether oxygens (including phenoxy) is 3. The first kappa shape index (κ1) is 20.1. The average Bonchev–Trinajstić information content (AvgIpc) is 2.53. The van der Waals surface area contributed by atoms with Gasteiger partial charge < -0.3 is 19.3 Å². The zero-order valence-electron chi connectivity index (χ0n) is 14.3. The summed E-state index contributed by atoms with van der Waals surface area (Å²) >= 11 is 0. The van der Waals surface area contributed by atoms with Gasteiger partial charge in [0.25, 0.3) is 0 Å². The van der Waals surface area contributed by atoms with Crippen molar-refractivity contribution < 1.29 is 37.3 Å². The van der Waals surface area contributed by atoms with E-state index in [0.717, 1.165) is 6.07 Å². The van der Waals surface area contributed by atoms with Crippen LogP contribution in [0.1, 0.15) is 26.2 Å². The normalized spacial score (nSPS) is 23.2. The Morgan fingerprint density at radius 1 is 1.31 bits per heavy atom. The highest BCUT2D eigenvalue weighted by Crippen LogP contribution is 2.31. The van der Waals surface area contributed by atoms with Crippen molar-refractivity contribution in [2.75, 3.05) is 6.61 Å². The number of rotatable bonds is 6. The highest BCUT2D eigenvalue weighted by atomic mass is 19.4. The minimum Gasteiger partial charge on any atom is -0.488 e. The highest BCUT2D eigenvalue weighted by Gasteiger charge is 2.33. The molecule has 0 aromatic heterocycles. The second kappa shape index (κ2) is 8.44. The third kappa shape index (κ3) is 6.25. The molecule has 1 aromatic carbocycles. The number of carbonyl (C=O) groups excluding carboxylic acids is 1. The molecule has 26 heavy (non-hydrogen) atoms. The second-order valence-electron chi connectivity index (χ2n) is 6.30. The molecular weight excluding hydrogens is 353 g/mol. The molecule has 0 amide bonds. The fourth-order valence-corrected chi connectivity index (χ4v) is 2.73. The lowest BCUT2D eigenvalue weighted by molar-refractivity contribution is -0.274. The van der Waals surface area contributed by atoms with Crippen LogP contribution in [0.15, 0.2) is 36.4 Å². The first-order valence-corrected chi connectivity index (χ1v) is 8.17. The van der Waals surface area contributed by atoms with Gasteiger partial charge in [0.1, 0.15) is 17.6 Å². The van der Waals surface area contributed by atoms with Gasteiger partial charge >= 0.3 is 12.3 Å². The number of carbonyl (C=O) groups is 1. The quantitative estimate of drug-likeness (QED) is 0.609. The first-order valence-electron chi connectivity index (χ1n) is 8.17. The Kier molecular flexibility index (Phi) is 6.52. The Labute approximate surface area is 149 Å². The van der Waals surface area contributed by atoms with Crippen LogP contribution in [-0.4, -0.2) is 36.3 Å². The smallest absolute Gasteiger partial charge is 0.488 e. The third-order valence-corrected chi connectivity index (χ3v) is 3.99. The SMILES string of the molecule is C=C(C)C(=O)OCC1CCC(Oc2cccc(OC(F)(F)F)c2)C(O)C1. The minimum atomic E-state index is -4.78. The molecule has 1 aromatic rings. The summed E-state index contributed by atoms with van der Waals surface area (Å²) in [5.41, 5.74) is 0.309. The van der Waals surface area contributed by atoms with E-state index in [1.165, 1.54) is 18.2 Å². The summed E-state index contributed by atoms with van der Waals surface area (Å²) in [6.07, 6.45) is -4.64. The molecule has 0 radical (unpaired) electrons. The number of halogens is 3. The number of esters is 1. The van der Waals surface area contributed by atoms with E-state index in [2.05, 4.69) is 11.3 Å². The number of benzene rings is 1. The molecule has 0 aliphatic heterocycles. The van der Waals surface area contributed by atoms with Gasteiger partial charge in [-0.2, -0.15) is 0 Å². The summed E-state index contributed by atoms with van der Waals surface area (Å²) in [5, 5.41) is 10.2. The largest absolute Gasteiger partial charge is 0.573 e. The summed E-state index contributed by atoms with van der Waals surface area (Å²) in [6.45, 7) is 5.24. The Morgan fingerprint density at radius 3 is 2.62 bits per heavy atom. The summed E-state index contributed by atoms with van der Waals surface area (Å²) in [4.78, 5) is 11.4. The summed E-state index contributed by atoms with van der Waals surface area (Å²) < 4.78 is 51.4. The van der Waals surface area contributed by atoms with Gasteiger partial charge in [-0.25, -0.2) is 4.79 Å². The Balaban J connectivity index is 1.87. The van der Waals surface area contributed by atoms with E-state index in [0.29, 0.717) is 24.8 Å². The number of aliphatic hydroxyl groups excluding tert-OH is 1. The van der Waals surface area contributed by atoms with Crippen LogP contribution in [0.4, 0.5) is 13.2 Å². The van der Waals surface area contributed by atoms with Crippen molar-refractivity contribution in [1.29, 1.82) is 0 Å². The van der Waals surface area contributed by atoms with Crippen molar-refractivity contribution in [2.24, 2.45) is 5.92 Å². The Hall–Kier alpha value is -2.22. The van der Waals surface area contributed by atoms with E-state index >= 15 is 0 Å². The van der Waals surface area contributed by atoms with Crippen LogP contribution >= 0.6 is 0 Å². The molecule has 144 valence electrons. The van der Waals surface area contributed by atoms with E-state index in [4.69, 9.17) is 9.47 Å². The van der Waals surface area contributed by atoms with Gasteiger partial charge in [-0.05, 0) is 44.2 Å². The second-order valence-corrected chi connectivity index (χ2v) is 6.30. The maximum absolute atomic E-state index is 12.3. The molecule has 1 aliphatic carbocycles. The molecule has 3 unspecified atom stereocenters. The van der Waals surface area contributed by atoms with Crippen molar-refractivity contribution >= 4 is 5.97 Å². The van der Waals surface area contributed by atoms with Gasteiger partial charge in [-0.1, -0.05) is 12.6 Å². The van der Waals surface area contributed by atoms with E-state index < -0.39 is 24.5 Å². The molecule has 5 nitrogen and oxygen atoms in total. The zero-order chi connectivity index (χ0) is 19.3. The number of aliphatic hydroxyl groups is 1. The fraction of sp³-hybridized carbons (Fsp3) is 0.500. The average molecular weight is 374 g/mol. The topological polar surface area (TPSA) is 65.0 Å². The third-order valence-electron chi connectivity index (χ3n) is 3.99. The van der Waals surface area contributed by atoms with Gasteiger partial charge in [0, 0.05) is 11.6 Å². The van der Waals surface area contributed by atoms with Gasteiger partial charge in [0.15, 0.2) is 0 Å². The lowest BCUT2D eigenvalue weighted by Crippen LogP contribution is -2.39. The predicted molar refractivity (Wildman–Crippen MR) is 86.7 cm³/mol. The van der Waals surface area contributed by atoms with E-state index in [-0.39, 0.29) is 24.0 Å². The van der Waals surface area contributed by atoms with Crippen LogP contribution in [0.5, 0.6) is 11.5 Å². The van der Waals surface area contributed by atoms with Crippen molar-refractivity contribution in [1.82, 2.24) is 0 Å². The molecule has 1 aliphatic rings. The standard InChI is InChI=1S/C18H21F3O5/c1-11(2)17(23)24-10-12-6-7-16(15(22)8-12)25-13-4-3-5-14(9-13)26-18(19,20)21/h3-5,9,12,15-16,22H,1,6-8,10H2,2H3. The Morgan fingerprint density at radius 2 is 2.00 bits per heavy atom. The van der Waals surface area contributed by atoms with E-state index in [1.807, 2.05) is 0 Å². The molecule has 1 saturated carbocycles. The number of hydrogen-bond acceptors (Lipinski definition) is 5.